The highest BCUT2D eigenvalue weighted by Crippen LogP contribution is 2.39. The first-order valence-corrected chi connectivity index (χ1v) is 10.2. The molecule has 0 aliphatic heterocycles. The number of primary amides is 1. The molecule has 0 heterocycles. The number of carbonyl (C=O) groups excluding carboxylic acids is 2. The van der Waals surface area contributed by atoms with Gasteiger partial charge in [-0.1, -0.05) is 42.5 Å². The Labute approximate surface area is 200 Å². The quantitative estimate of drug-likeness (QED) is 0.291. The molecule has 0 saturated carbocycles. The first kappa shape index (κ1) is 25.6. The SMILES string of the molecule is NC(=O)NC(=S)c1c(C(F)(F)F)cc(Cc2ccccc2NC(=O)c2ccccc2F)c(F)c1O. The molecule has 0 atom stereocenters. The molecule has 0 spiro atoms. The molecule has 0 aromatic heterocycles. The highest BCUT2D eigenvalue weighted by molar-refractivity contribution is 7.80. The average molecular weight is 509 g/mol. The molecule has 0 saturated heterocycles. The van der Waals surface area contributed by atoms with E-state index < -0.39 is 63.6 Å². The van der Waals surface area contributed by atoms with Crippen LogP contribution in [0, 0.1) is 11.6 Å². The first-order chi connectivity index (χ1) is 16.4. The van der Waals surface area contributed by atoms with Crippen LogP contribution in [0.3, 0.4) is 0 Å². The van der Waals surface area contributed by atoms with Crippen LogP contribution in [-0.4, -0.2) is 22.0 Å². The molecule has 0 fully saturated rings. The molecule has 0 bridgehead atoms. The minimum Gasteiger partial charge on any atom is -0.504 e. The predicted octanol–water partition coefficient (Wildman–Crippen LogP) is 4.88. The van der Waals surface area contributed by atoms with Gasteiger partial charge in [-0.3, -0.25) is 10.1 Å². The lowest BCUT2D eigenvalue weighted by atomic mass is 9.96. The molecule has 0 aliphatic rings. The Morgan fingerprint density at radius 2 is 1.63 bits per heavy atom. The number of amides is 3. The van der Waals surface area contributed by atoms with E-state index >= 15 is 0 Å². The molecule has 3 aromatic carbocycles. The van der Waals surface area contributed by atoms with Gasteiger partial charge in [-0.05, 0) is 35.4 Å². The molecule has 12 heteroatoms. The van der Waals surface area contributed by atoms with E-state index in [2.05, 4.69) is 17.5 Å². The summed E-state index contributed by atoms with van der Waals surface area (Å²) >= 11 is 4.68. The van der Waals surface area contributed by atoms with Gasteiger partial charge < -0.3 is 16.2 Å². The Kier molecular flexibility index (Phi) is 7.34. The summed E-state index contributed by atoms with van der Waals surface area (Å²) in [6, 6.07) is 10.1. The Balaban J connectivity index is 2.03. The standard InChI is InChI=1S/C23H16F5N3O3S/c24-15-7-3-2-6-13(15)20(33)30-16-8-4-1-5-11(16)9-12-10-14(23(26,27)28)17(19(32)18(12)25)21(35)31-22(29)34/h1-8,10,32H,9H2,(H,30,33)(H3,29,31,34,35). The highest BCUT2D eigenvalue weighted by atomic mass is 32.1. The minimum atomic E-state index is -5.09. The number of hydrogen-bond acceptors (Lipinski definition) is 4. The number of nitrogens with one attached hydrogen (secondary N) is 2. The van der Waals surface area contributed by atoms with E-state index in [0.29, 0.717) is 6.07 Å². The van der Waals surface area contributed by atoms with E-state index in [1.807, 2.05) is 0 Å². The van der Waals surface area contributed by atoms with Gasteiger partial charge in [0.25, 0.3) is 5.91 Å². The zero-order chi connectivity index (χ0) is 25.9. The third kappa shape index (κ3) is 5.72. The maximum absolute atomic E-state index is 15.0. The molecule has 3 rings (SSSR count). The number of rotatable bonds is 5. The van der Waals surface area contributed by atoms with Crippen LogP contribution in [0.4, 0.5) is 32.4 Å². The molecule has 6 nitrogen and oxygen atoms in total. The number of carbonyl (C=O) groups is 2. The molecule has 182 valence electrons. The Hall–Kier alpha value is -4.06. The van der Waals surface area contributed by atoms with Gasteiger partial charge in [0.05, 0.1) is 16.7 Å². The van der Waals surface area contributed by atoms with E-state index in [0.717, 1.165) is 6.07 Å². The lowest BCUT2D eigenvalue weighted by molar-refractivity contribution is -0.137. The van der Waals surface area contributed by atoms with Crippen LogP contribution in [-0.2, 0) is 12.6 Å². The lowest BCUT2D eigenvalue weighted by Crippen LogP contribution is -2.35. The number of nitrogens with two attached hydrogens (primary N) is 1. The van der Waals surface area contributed by atoms with Crippen molar-refractivity contribution in [1.82, 2.24) is 5.32 Å². The largest absolute Gasteiger partial charge is 0.504 e. The van der Waals surface area contributed by atoms with Gasteiger partial charge in [0.15, 0.2) is 11.6 Å². The second-order valence-corrected chi connectivity index (χ2v) is 7.61. The van der Waals surface area contributed by atoms with E-state index in [1.54, 1.807) is 5.32 Å². The van der Waals surface area contributed by atoms with Crippen LogP contribution < -0.4 is 16.4 Å². The summed E-state index contributed by atoms with van der Waals surface area (Å²) in [7, 11) is 0. The number of benzene rings is 3. The topological polar surface area (TPSA) is 104 Å². The van der Waals surface area contributed by atoms with Crippen LogP contribution in [0.15, 0.2) is 54.6 Å². The molecular formula is C23H16F5N3O3S. The number of urea groups is 1. The summed E-state index contributed by atoms with van der Waals surface area (Å²) in [6.45, 7) is 0. The normalized spacial score (nSPS) is 11.1. The van der Waals surface area contributed by atoms with Crippen LogP contribution in [0.5, 0.6) is 5.75 Å². The zero-order valence-electron chi connectivity index (χ0n) is 17.5. The third-order valence-corrected chi connectivity index (χ3v) is 5.15. The van der Waals surface area contributed by atoms with Gasteiger partial charge >= 0.3 is 12.2 Å². The smallest absolute Gasteiger partial charge is 0.417 e. The average Bonchev–Trinajstić information content (AvgIpc) is 2.77. The summed E-state index contributed by atoms with van der Waals surface area (Å²) < 4.78 is 70.1. The van der Waals surface area contributed by atoms with Gasteiger partial charge in [0, 0.05) is 12.1 Å². The third-order valence-electron chi connectivity index (χ3n) is 4.85. The Morgan fingerprint density at radius 1 is 1.00 bits per heavy atom. The van der Waals surface area contributed by atoms with Crippen molar-refractivity contribution in [2.75, 3.05) is 5.32 Å². The van der Waals surface area contributed by atoms with Gasteiger partial charge in [-0.25, -0.2) is 13.6 Å². The van der Waals surface area contributed by atoms with Crippen molar-refractivity contribution >= 4 is 34.8 Å². The van der Waals surface area contributed by atoms with Crippen LogP contribution >= 0.6 is 12.2 Å². The highest BCUT2D eigenvalue weighted by Gasteiger charge is 2.38. The predicted molar refractivity (Wildman–Crippen MR) is 121 cm³/mol. The fraction of sp³-hybridized carbons (Fsp3) is 0.0870. The maximum Gasteiger partial charge on any atom is 0.417 e. The molecule has 5 N–H and O–H groups in total. The van der Waals surface area contributed by atoms with Crippen LogP contribution in [0.2, 0.25) is 0 Å². The van der Waals surface area contributed by atoms with Crippen molar-refractivity contribution in [3.8, 4) is 5.75 Å². The lowest BCUT2D eigenvalue weighted by Gasteiger charge is -2.19. The first-order valence-electron chi connectivity index (χ1n) is 9.76. The van der Waals surface area contributed by atoms with Crippen LogP contribution in [0.1, 0.15) is 32.6 Å². The molecular weight excluding hydrogens is 493 g/mol. The number of anilines is 1. The molecule has 0 unspecified atom stereocenters. The molecule has 3 aromatic rings. The summed E-state index contributed by atoms with van der Waals surface area (Å²) in [6.07, 6.45) is -5.58. The number of thiocarbonyl (C=S) groups is 1. The number of phenolic OH excluding ortho intramolecular Hbond substituents is 1. The number of alkyl halides is 3. The number of aromatic hydroxyl groups is 1. The summed E-state index contributed by atoms with van der Waals surface area (Å²) in [5, 5.41) is 14.4. The Morgan fingerprint density at radius 3 is 2.26 bits per heavy atom. The molecule has 0 aliphatic carbocycles. The van der Waals surface area contributed by atoms with Crippen molar-refractivity contribution in [2.24, 2.45) is 5.73 Å². The number of para-hydroxylation sites is 1. The zero-order valence-corrected chi connectivity index (χ0v) is 18.4. The van der Waals surface area contributed by atoms with E-state index in [9.17, 15) is 36.6 Å². The van der Waals surface area contributed by atoms with Crippen molar-refractivity contribution in [3.05, 3.63) is 94.0 Å². The van der Waals surface area contributed by atoms with Gasteiger partial charge in [-0.15, -0.1) is 0 Å². The van der Waals surface area contributed by atoms with Gasteiger partial charge in [-0.2, -0.15) is 13.2 Å². The number of hydrogen-bond donors (Lipinski definition) is 4. The maximum atomic E-state index is 15.0. The van der Waals surface area contributed by atoms with Crippen LogP contribution in [0.25, 0.3) is 0 Å². The van der Waals surface area contributed by atoms with Crippen molar-refractivity contribution in [1.29, 1.82) is 0 Å². The number of phenols is 1. The number of halogens is 5. The van der Waals surface area contributed by atoms with Crippen molar-refractivity contribution in [3.63, 3.8) is 0 Å². The van der Waals surface area contributed by atoms with Crippen molar-refractivity contribution in [2.45, 2.75) is 12.6 Å². The molecule has 0 radical (unpaired) electrons. The molecule has 35 heavy (non-hydrogen) atoms. The van der Waals surface area contributed by atoms with E-state index in [1.165, 1.54) is 42.5 Å². The fourth-order valence-electron chi connectivity index (χ4n) is 3.29. The second-order valence-electron chi connectivity index (χ2n) is 7.20. The van der Waals surface area contributed by atoms with E-state index in [4.69, 9.17) is 5.73 Å². The molecule has 3 amide bonds. The Bertz CT molecular complexity index is 1330. The van der Waals surface area contributed by atoms with Crippen molar-refractivity contribution < 1.29 is 36.6 Å². The summed E-state index contributed by atoms with van der Waals surface area (Å²) in [4.78, 5) is 22.6. The minimum absolute atomic E-state index is 0.0863. The van der Waals surface area contributed by atoms with Gasteiger partial charge in [0.2, 0.25) is 0 Å². The summed E-state index contributed by atoms with van der Waals surface area (Å²) in [5.41, 5.74) is 1.63. The monoisotopic (exact) mass is 509 g/mol. The van der Waals surface area contributed by atoms with Gasteiger partial charge in [0.1, 0.15) is 10.8 Å². The fourth-order valence-corrected chi connectivity index (χ4v) is 3.60. The summed E-state index contributed by atoms with van der Waals surface area (Å²) in [5.74, 6) is -4.46. The second kappa shape index (κ2) is 10.1. The van der Waals surface area contributed by atoms with E-state index in [-0.39, 0.29) is 16.8 Å².